The fraction of sp³-hybridized carbons (Fsp3) is 0.455. The van der Waals surface area contributed by atoms with E-state index in [-0.39, 0.29) is 12.1 Å². The van der Waals surface area contributed by atoms with Gasteiger partial charge in [0.2, 0.25) is 0 Å². The maximum Gasteiger partial charge on any atom is 0.125 e. The first-order valence-electron chi connectivity index (χ1n) is 4.74. The third kappa shape index (κ3) is 1.27. The summed E-state index contributed by atoms with van der Waals surface area (Å²) in [5.74, 6) is 0.947. The van der Waals surface area contributed by atoms with Crippen molar-refractivity contribution in [2.45, 2.75) is 32.9 Å². The van der Waals surface area contributed by atoms with Crippen LogP contribution < -0.4 is 10.5 Å². The maximum absolute atomic E-state index is 6.06. The molecule has 0 spiro atoms. The molecule has 0 radical (unpaired) electrons. The lowest BCUT2D eigenvalue weighted by molar-refractivity contribution is 0.228. The molecule has 2 atom stereocenters. The quantitative estimate of drug-likeness (QED) is 0.774. The van der Waals surface area contributed by atoms with Crippen LogP contribution in [0.4, 0.5) is 0 Å². The van der Waals surface area contributed by atoms with Crippen molar-refractivity contribution in [3.05, 3.63) is 27.2 Å². The summed E-state index contributed by atoms with van der Waals surface area (Å²) >= 11 is 3.57. The number of fused-ring (bicyclic) bond motifs is 1. The molecule has 1 aromatic carbocycles. The number of halogens is 1. The Hall–Kier alpha value is -0.540. The van der Waals surface area contributed by atoms with Crippen LogP contribution in [0.15, 0.2) is 10.5 Å². The molecule has 2 nitrogen and oxygen atoms in total. The molecule has 1 aliphatic heterocycles. The van der Waals surface area contributed by atoms with Crippen LogP contribution in [-0.4, -0.2) is 6.10 Å². The largest absolute Gasteiger partial charge is 0.488 e. The molecule has 14 heavy (non-hydrogen) atoms. The topological polar surface area (TPSA) is 35.2 Å². The highest BCUT2D eigenvalue weighted by molar-refractivity contribution is 9.10. The van der Waals surface area contributed by atoms with Gasteiger partial charge in [0, 0.05) is 10.0 Å². The van der Waals surface area contributed by atoms with Gasteiger partial charge in [-0.2, -0.15) is 0 Å². The number of benzene rings is 1. The third-order valence-corrected chi connectivity index (χ3v) is 4.06. The fourth-order valence-corrected chi connectivity index (χ4v) is 2.28. The van der Waals surface area contributed by atoms with E-state index < -0.39 is 0 Å². The van der Waals surface area contributed by atoms with Crippen LogP contribution >= 0.6 is 15.9 Å². The van der Waals surface area contributed by atoms with E-state index >= 15 is 0 Å². The molecule has 1 aliphatic rings. The smallest absolute Gasteiger partial charge is 0.125 e. The van der Waals surface area contributed by atoms with Crippen molar-refractivity contribution in [3.8, 4) is 5.75 Å². The van der Waals surface area contributed by atoms with E-state index in [2.05, 4.69) is 35.8 Å². The Balaban J connectivity index is 2.65. The van der Waals surface area contributed by atoms with Crippen molar-refractivity contribution in [3.63, 3.8) is 0 Å². The first-order chi connectivity index (χ1) is 6.52. The summed E-state index contributed by atoms with van der Waals surface area (Å²) < 4.78 is 6.83. The lowest BCUT2D eigenvalue weighted by Crippen LogP contribution is -2.22. The molecular formula is C11H14BrNO. The molecule has 0 saturated carbocycles. The van der Waals surface area contributed by atoms with Gasteiger partial charge in [-0.15, -0.1) is 0 Å². The van der Waals surface area contributed by atoms with Crippen LogP contribution in [0.2, 0.25) is 0 Å². The third-order valence-electron chi connectivity index (χ3n) is 2.84. The molecule has 0 bridgehead atoms. The zero-order valence-electron chi connectivity index (χ0n) is 8.60. The summed E-state index contributed by atoms with van der Waals surface area (Å²) in [5, 5.41) is 0. The molecule has 76 valence electrons. The van der Waals surface area contributed by atoms with E-state index in [0.29, 0.717) is 0 Å². The van der Waals surface area contributed by atoms with E-state index in [1.807, 2.05) is 6.92 Å². The van der Waals surface area contributed by atoms with Crippen molar-refractivity contribution in [2.24, 2.45) is 5.73 Å². The Morgan fingerprint density at radius 1 is 1.43 bits per heavy atom. The van der Waals surface area contributed by atoms with E-state index in [4.69, 9.17) is 10.5 Å². The molecule has 0 amide bonds. The molecule has 0 fully saturated rings. The van der Waals surface area contributed by atoms with Crippen LogP contribution in [0.25, 0.3) is 0 Å². The van der Waals surface area contributed by atoms with E-state index in [1.165, 1.54) is 11.1 Å². The van der Waals surface area contributed by atoms with Gasteiger partial charge in [-0.1, -0.05) is 15.9 Å². The minimum atomic E-state index is 0.00176. The lowest BCUT2D eigenvalue weighted by atomic mass is 9.98. The standard InChI is InChI=1S/C11H14BrNO/c1-5-4-8-9(6(2)10(5)12)11(13)7(3)14-8/h4,7,11H,13H2,1-3H3. The molecule has 2 rings (SSSR count). The highest BCUT2D eigenvalue weighted by atomic mass is 79.9. The van der Waals surface area contributed by atoms with E-state index in [1.54, 1.807) is 0 Å². The molecule has 2 unspecified atom stereocenters. The van der Waals surface area contributed by atoms with Crippen LogP contribution in [0.3, 0.4) is 0 Å². The van der Waals surface area contributed by atoms with E-state index in [0.717, 1.165) is 15.8 Å². The minimum absolute atomic E-state index is 0.00176. The monoisotopic (exact) mass is 255 g/mol. The summed E-state index contributed by atoms with van der Waals surface area (Å²) in [6, 6.07) is 2.05. The van der Waals surface area contributed by atoms with Gasteiger partial charge < -0.3 is 10.5 Å². The van der Waals surface area contributed by atoms with Crippen LogP contribution in [0, 0.1) is 13.8 Å². The van der Waals surface area contributed by atoms with Crippen molar-refractivity contribution in [2.75, 3.05) is 0 Å². The number of aryl methyl sites for hydroxylation is 1. The van der Waals surface area contributed by atoms with Crippen LogP contribution in [0.1, 0.15) is 29.7 Å². The SMILES string of the molecule is Cc1cc2c(c(C)c1Br)C(N)C(C)O2. The number of rotatable bonds is 0. The lowest BCUT2D eigenvalue weighted by Gasteiger charge is -2.11. The van der Waals surface area contributed by atoms with Gasteiger partial charge in [0.15, 0.2) is 0 Å². The Labute approximate surface area is 92.6 Å². The Morgan fingerprint density at radius 2 is 2.07 bits per heavy atom. The molecule has 2 N–H and O–H groups in total. The number of nitrogens with two attached hydrogens (primary N) is 1. The van der Waals surface area contributed by atoms with Crippen LogP contribution in [-0.2, 0) is 0 Å². The summed E-state index contributed by atoms with van der Waals surface area (Å²) in [5.41, 5.74) is 9.61. The number of hydrogen-bond donors (Lipinski definition) is 1. The predicted octanol–water partition coefficient (Wildman–Crippen LogP) is 2.85. The van der Waals surface area contributed by atoms with Gasteiger partial charge in [-0.25, -0.2) is 0 Å². The zero-order chi connectivity index (χ0) is 10.5. The van der Waals surface area contributed by atoms with Gasteiger partial charge >= 0.3 is 0 Å². The second-order valence-electron chi connectivity index (χ2n) is 3.89. The van der Waals surface area contributed by atoms with Crippen molar-refractivity contribution >= 4 is 15.9 Å². The van der Waals surface area contributed by atoms with Gasteiger partial charge in [0.05, 0.1) is 6.04 Å². The van der Waals surface area contributed by atoms with Crippen molar-refractivity contribution in [1.82, 2.24) is 0 Å². The molecule has 0 saturated heterocycles. The van der Waals surface area contributed by atoms with Gasteiger partial charge in [0.25, 0.3) is 0 Å². The zero-order valence-corrected chi connectivity index (χ0v) is 10.2. The van der Waals surface area contributed by atoms with Gasteiger partial charge in [-0.05, 0) is 38.0 Å². The summed E-state index contributed by atoms with van der Waals surface area (Å²) in [6.45, 7) is 6.15. The predicted molar refractivity (Wildman–Crippen MR) is 60.6 cm³/mol. The molecular weight excluding hydrogens is 242 g/mol. The molecule has 1 aromatic rings. The second kappa shape index (κ2) is 3.24. The maximum atomic E-state index is 6.06. The highest BCUT2D eigenvalue weighted by Gasteiger charge is 2.30. The van der Waals surface area contributed by atoms with Crippen molar-refractivity contribution < 1.29 is 4.74 Å². The first-order valence-corrected chi connectivity index (χ1v) is 5.53. The van der Waals surface area contributed by atoms with Gasteiger partial charge in [-0.3, -0.25) is 0 Å². The second-order valence-corrected chi connectivity index (χ2v) is 4.69. The van der Waals surface area contributed by atoms with E-state index in [9.17, 15) is 0 Å². The minimum Gasteiger partial charge on any atom is -0.488 e. The first kappa shape index (κ1) is 9.99. The Kier molecular flexibility index (Phi) is 2.32. The summed E-state index contributed by atoms with van der Waals surface area (Å²) in [7, 11) is 0. The molecule has 0 aliphatic carbocycles. The number of ether oxygens (including phenoxy) is 1. The molecule has 0 aromatic heterocycles. The Morgan fingerprint density at radius 3 is 2.71 bits per heavy atom. The average Bonchev–Trinajstić information content (AvgIpc) is 2.39. The molecule has 3 heteroatoms. The normalized spacial score (nSPS) is 24.6. The summed E-state index contributed by atoms with van der Waals surface area (Å²) in [4.78, 5) is 0. The Bertz CT molecular complexity index is 389. The highest BCUT2D eigenvalue weighted by Crippen LogP contribution is 2.41. The average molecular weight is 256 g/mol. The van der Waals surface area contributed by atoms with Crippen LogP contribution in [0.5, 0.6) is 5.75 Å². The number of hydrogen-bond acceptors (Lipinski definition) is 2. The fourth-order valence-electron chi connectivity index (χ4n) is 1.96. The van der Waals surface area contributed by atoms with Gasteiger partial charge in [0.1, 0.15) is 11.9 Å². The molecule has 1 heterocycles. The summed E-state index contributed by atoms with van der Waals surface area (Å²) in [6.07, 6.45) is 0.0809. The van der Waals surface area contributed by atoms with Crippen molar-refractivity contribution in [1.29, 1.82) is 0 Å².